The highest BCUT2D eigenvalue weighted by Crippen LogP contribution is 2.15. The molecule has 146 valence electrons. The van der Waals surface area contributed by atoms with Crippen molar-refractivity contribution in [2.45, 2.75) is 33.2 Å². The monoisotopic (exact) mass is 373 g/mol. The first-order chi connectivity index (χ1) is 13.2. The Hall–Kier alpha value is -2.67. The van der Waals surface area contributed by atoms with Crippen LogP contribution in [0.4, 0.5) is 4.39 Å². The van der Waals surface area contributed by atoms with Gasteiger partial charge in [-0.1, -0.05) is 19.9 Å². The summed E-state index contributed by atoms with van der Waals surface area (Å²) in [6, 6.07) is 5.70. The van der Waals surface area contributed by atoms with Gasteiger partial charge in [-0.15, -0.1) is 0 Å². The van der Waals surface area contributed by atoms with Crippen molar-refractivity contribution in [3.63, 3.8) is 0 Å². The second-order valence-electron chi connectivity index (χ2n) is 5.88. The number of aliphatic hydroxyl groups excluding tert-OH is 1. The van der Waals surface area contributed by atoms with E-state index in [0.29, 0.717) is 12.2 Å². The van der Waals surface area contributed by atoms with E-state index < -0.39 is 5.83 Å². The first kappa shape index (κ1) is 20.6. The van der Waals surface area contributed by atoms with Crippen LogP contribution in [0.25, 0.3) is 11.0 Å². The molecule has 0 atom stereocenters. The number of aromatic nitrogens is 2. The van der Waals surface area contributed by atoms with E-state index in [-0.39, 0.29) is 12.3 Å². The Bertz CT molecular complexity index is 779. The van der Waals surface area contributed by atoms with Gasteiger partial charge in [0, 0.05) is 25.1 Å². The smallest absolute Gasteiger partial charge is 0.173 e. The summed E-state index contributed by atoms with van der Waals surface area (Å²) in [5.74, 6) is -0.913. The van der Waals surface area contributed by atoms with Crippen molar-refractivity contribution in [2.24, 2.45) is 0 Å². The van der Waals surface area contributed by atoms with E-state index in [9.17, 15) is 9.50 Å². The summed E-state index contributed by atoms with van der Waals surface area (Å²) in [5, 5.41) is 18.5. The zero-order valence-electron chi connectivity index (χ0n) is 15.9. The SMILES string of the molecule is C1CCNC1.CC.OC1=C(F)CNC=C1NCc1ccc2nccnc2c1. The van der Waals surface area contributed by atoms with Crippen LogP contribution in [0.5, 0.6) is 0 Å². The minimum absolute atomic E-state index is 0.0164. The number of nitrogens with one attached hydrogen (secondary N) is 3. The fraction of sp³-hybridized carbons (Fsp3) is 0.400. The summed E-state index contributed by atoms with van der Waals surface area (Å²) < 4.78 is 13.2. The van der Waals surface area contributed by atoms with E-state index in [0.717, 1.165) is 16.6 Å². The van der Waals surface area contributed by atoms with Gasteiger partial charge in [-0.05, 0) is 43.6 Å². The predicted molar refractivity (Wildman–Crippen MR) is 107 cm³/mol. The van der Waals surface area contributed by atoms with Gasteiger partial charge in [-0.25, -0.2) is 4.39 Å². The highest BCUT2D eigenvalue weighted by Gasteiger charge is 2.14. The largest absolute Gasteiger partial charge is 0.504 e. The Morgan fingerprint density at radius 3 is 2.48 bits per heavy atom. The quantitative estimate of drug-likeness (QED) is 0.661. The first-order valence-electron chi connectivity index (χ1n) is 9.40. The fourth-order valence-electron chi connectivity index (χ4n) is 2.62. The molecule has 0 radical (unpaired) electrons. The zero-order valence-corrected chi connectivity index (χ0v) is 15.9. The van der Waals surface area contributed by atoms with Gasteiger partial charge in [0.25, 0.3) is 0 Å². The van der Waals surface area contributed by atoms with Crippen molar-refractivity contribution in [3.8, 4) is 0 Å². The summed E-state index contributed by atoms with van der Waals surface area (Å²) in [6.45, 7) is 6.97. The number of hydrogen-bond acceptors (Lipinski definition) is 6. The number of hydrogen-bond donors (Lipinski definition) is 4. The van der Waals surface area contributed by atoms with Gasteiger partial charge < -0.3 is 21.1 Å². The number of nitrogens with zero attached hydrogens (tertiary/aromatic N) is 2. The van der Waals surface area contributed by atoms with Crippen LogP contribution >= 0.6 is 0 Å². The van der Waals surface area contributed by atoms with Crippen molar-refractivity contribution in [1.29, 1.82) is 0 Å². The maximum Gasteiger partial charge on any atom is 0.173 e. The Kier molecular flexibility index (Phi) is 8.51. The molecule has 1 fully saturated rings. The number of halogens is 1. The second kappa shape index (κ2) is 11.1. The van der Waals surface area contributed by atoms with Crippen molar-refractivity contribution in [2.75, 3.05) is 19.6 Å². The van der Waals surface area contributed by atoms with E-state index >= 15 is 0 Å². The van der Waals surface area contributed by atoms with Gasteiger partial charge in [0.1, 0.15) is 0 Å². The average molecular weight is 373 g/mol. The molecule has 2 aliphatic heterocycles. The van der Waals surface area contributed by atoms with E-state index in [1.54, 1.807) is 18.6 Å². The Morgan fingerprint density at radius 1 is 1.11 bits per heavy atom. The molecule has 1 saturated heterocycles. The summed E-state index contributed by atoms with van der Waals surface area (Å²) in [7, 11) is 0. The van der Waals surface area contributed by atoms with Crippen LogP contribution in [0.3, 0.4) is 0 Å². The molecule has 4 N–H and O–H groups in total. The second-order valence-corrected chi connectivity index (χ2v) is 5.88. The minimum atomic E-state index is -0.570. The minimum Gasteiger partial charge on any atom is -0.504 e. The number of dihydropyridines is 1. The normalized spacial score (nSPS) is 15.7. The van der Waals surface area contributed by atoms with E-state index in [2.05, 4.69) is 25.9 Å². The molecule has 0 saturated carbocycles. The summed E-state index contributed by atoms with van der Waals surface area (Å²) in [5.41, 5.74) is 2.93. The Balaban J connectivity index is 0.000000318. The molecule has 2 aliphatic rings. The van der Waals surface area contributed by atoms with Gasteiger partial charge in [-0.3, -0.25) is 9.97 Å². The lowest BCUT2D eigenvalue weighted by Gasteiger charge is -2.16. The summed E-state index contributed by atoms with van der Waals surface area (Å²) in [4.78, 5) is 8.42. The highest BCUT2D eigenvalue weighted by atomic mass is 19.1. The third-order valence-electron chi connectivity index (χ3n) is 3.99. The molecule has 3 heterocycles. The predicted octanol–water partition coefficient (Wildman–Crippen LogP) is 3.30. The van der Waals surface area contributed by atoms with Crippen LogP contribution in [0.2, 0.25) is 0 Å². The molecule has 27 heavy (non-hydrogen) atoms. The van der Waals surface area contributed by atoms with Crippen LogP contribution in [0, 0.1) is 0 Å². The van der Waals surface area contributed by atoms with Gasteiger partial charge in [0.2, 0.25) is 0 Å². The Labute approximate surface area is 159 Å². The van der Waals surface area contributed by atoms with Crippen molar-refractivity contribution in [1.82, 2.24) is 25.9 Å². The molecule has 7 heteroatoms. The van der Waals surface area contributed by atoms with Crippen molar-refractivity contribution >= 4 is 11.0 Å². The lowest BCUT2D eigenvalue weighted by Crippen LogP contribution is -2.24. The first-order valence-corrected chi connectivity index (χ1v) is 9.40. The fourth-order valence-corrected chi connectivity index (χ4v) is 2.62. The van der Waals surface area contributed by atoms with Crippen molar-refractivity contribution in [3.05, 3.63) is 59.6 Å². The lowest BCUT2D eigenvalue weighted by molar-refractivity contribution is 0.370. The van der Waals surface area contributed by atoms with E-state index in [1.807, 2.05) is 32.0 Å². The highest BCUT2D eigenvalue weighted by molar-refractivity contribution is 5.74. The lowest BCUT2D eigenvalue weighted by atomic mass is 10.2. The standard InChI is InChI=1S/C14H13FN4O.C4H9N.C2H6/c15-10-7-16-8-13(14(10)20)19-6-9-1-2-11-12(5-9)18-4-3-17-11;1-2-4-5-3-1;1-2/h1-5,8,16,19-20H,6-7H2;5H,1-4H2;1-2H3. The molecule has 0 unspecified atom stereocenters. The molecule has 0 spiro atoms. The summed E-state index contributed by atoms with van der Waals surface area (Å²) >= 11 is 0. The third kappa shape index (κ3) is 6.21. The number of rotatable bonds is 3. The van der Waals surface area contributed by atoms with Crippen molar-refractivity contribution < 1.29 is 9.50 Å². The maximum atomic E-state index is 13.2. The zero-order chi connectivity index (χ0) is 19.5. The third-order valence-corrected chi connectivity index (χ3v) is 3.99. The van der Waals surface area contributed by atoms with Gasteiger partial charge in [0.05, 0.1) is 23.3 Å². The van der Waals surface area contributed by atoms with Gasteiger partial charge >= 0.3 is 0 Å². The van der Waals surface area contributed by atoms with Gasteiger partial charge in [-0.2, -0.15) is 0 Å². The molecule has 1 aromatic carbocycles. The van der Waals surface area contributed by atoms with Crippen LogP contribution in [0.15, 0.2) is 54.1 Å². The molecule has 0 aliphatic carbocycles. The molecule has 4 rings (SSSR count). The number of fused-ring (bicyclic) bond motifs is 1. The topological polar surface area (TPSA) is 82.1 Å². The van der Waals surface area contributed by atoms with E-state index in [1.165, 1.54) is 25.9 Å². The molecular formula is C20H28FN5O. The van der Waals surface area contributed by atoms with Crippen LogP contribution in [0.1, 0.15) is 32.3 Å². The molecule has 0 bridgehead atoms. The average Bonchev–Trinajstić information content (AvgIpc) is 3.31. The van der Waals surface area contributed by atoms with E-state index in [4.69, 9.17) is 0 Å². The Morgan fingerprint density at radius 2 is 1.81 bits per heavy atom. The number of benzene rings is 1. The molecule has 1 aromatic heterocycles. The maximum absolute atomic E-state index is 13.2. The van der Waals surface area contributed by atoms with Crippen LogP contribution < -0.4 is 16.0 Å². The van der Waals surface area contributed by atoms with Crippen LogP contribution in [-0.4, -0.2) is 34.7 Å². The molecular weight excluding hydrogens is 345 g/mol. The summed E-state index contributed by atoms with van der Waals surface area (Å²) in [6.07, 6.45) is 7.61. The molecule has 2 aromatic rings. The molecule has 6 nitrogen and oxygen atoms in total. The van der Waals surface area contributed by atoms with Gasteiger partial charge in [0.15, 0.2) is 11.6 Å². The number of aliphatic hydroxyl groups is 1. The van der Waals surface area contributed by atoms with Crippen LogP contribution in [-0.2, 0) is 6.54 Å². The molecule has 0 amide bonds.